The van der Waals surface area contributed by atoms with Gasteiger partial charge in [-0.3, -0.25) is 14.2 Å². The van der Waals surface area contributed by atoms with Gasteiger partial charge >= 0.3 is 5.69 Å². The molecule has 4 aromatic rings. The molecule has 0 spiro atoms. The number of aromatic nitrogens is 2. The van der Waals surface area contributed by atoms with Crippen LogP contribution in [0.15, 0.2) is 46.0 Å². The lowest BCUT2D eigenvalue weighted by atomic mass is 10.1. The molecule has 1 aliphatic rings. The van der Waals surface area contributed by atoms with E-state index in [9.17, 15) is 14.4 Å². The van der Waals surface area contributed by atoms with Crippen molar-refractivity contribution in [3.8, 4) is 17.2 Å². The van der Waals surface area contributed by atoms with Gasteiger partial charge in [-0.2, -0.15) is 0 Å². The second-order valence-electron chi connectivity index (χ2n) is 8.33. The van der Waals surface area contributed by atoms with Crippen LogP contribution in [0.4, 0.5) is 5.69 Å². The van der Waals surface area contributed by atoms with Crippen molar-refractivity contribution in [1.82, 2.24) is 9.13 Å². The molecule has 0 radical (unpaired) electrons. The standard InChI is InChI=1S/C25H23N3O5S/c1-13-6-5-7-14(2)22(13)26-20(29)11-27-24-21(15(3)16(4)34-24)23(30)28(25(27)31)17-8-9-18-19(10-17)33-12-32-18/h5-10H,11-12H2,1-4H3,(H,26,29). The molecule has 0 saturated heterocycles. The Labute approximate surface area is 199 Å². The summed E-state index contributed by atoms with van der Waals surface area (Å²) in [5.74, 6) is 0.663. The van der Waals surface area contributed by atoms with Crippen LogP contribution in [0.25, 0.3) is 15.9 Å². The Bertz CT molecular complexity index is 1570. The molecule has 0 atom stereocenters. The summed E-state index contributed by atoms with van der Waals surface area (Å²) >= 11 is 1.34. The summed E-state index contributed by atoms with van der Waals surface area (Å²) in [4.78, 5) is 41.6. The van der Waals surface area contributed by atoms with Crippen molar-refractivity contribution in [2.24, 2.45) is 0 Å². The van der Waals surface area contributed by atoms with E-state index in [2.05, 4.69) is 5.32 Å². The number of fused-ring (bicyclic) bond motifs is 2. The molecule has 8 nitrogen and oxygen atoms in total. The molecule has 0 aliphatic carbocycles. The van der Waals surface area contributed by atoms with Crippen molar-refractivity contribution in [2.75, 3.05) is 12.1 Å². The zero-order valence-electron chi connectivity index (χ0n) is 19.2. The molecule has 0 unspecified atom stereocenters. The average Bonchev–Trinajstić information content (AvgIpc) is 3.38. The summed E-state index contributed by atoms with van der Waals surface area (Å²) in [5.41, 5.74) is 2.72. The van der Waals surface area contributed by atoms with Gasteiger partial charge in [-0.25, -0.2) is 9.36 Å². The molecule has 3 heterocycles. The number of amides is 1. The van der Waals surface area contributed by atoms with E-state index >= 15 is 0 Å². The Balaban J connectivity index is 1.66. The van der Waals surface area contributed by atoms with Gasteiger partial charge in [0.25, 0.3) is 5.56 Å². The van der Waals surface area contributed by atoms with Crippen LogP contribution in [0.1, 0.15) is 21.6 Å². The fourth-order valence-electron chi connectivity index (χ4n) is 4.18. The van der Waals surface area contributed by atoms with E-state index in [1.807, 2.05) is 45.9 Å². The summed E-state index contributed by atoms with van der Waals surface area (Å²) < 4.78 is 13.2. The minimum absolute atomic E-state index is 0.0816. The smallest absolute Gasteiger partial charge is 0.337 e. The number of aryl methyl sites for hydroxylation is 4. The highest BCUT2D eigenvalue weighted by molar-refractivity contribution is 7.18. The van der Waals surface area contributed by atoms with Crippen molar-refractivity contribution in [3.63, 3.8) is 0 Å². The number of ether oxygens (including phenoxy) is 2. The maximum absolute atomic E-state index is 13.6. The highest BCUT2D eigenvalue weighted by atomic mass is 32.1. The number of anilines is 1. The number of thiophene rings is 1. The van der Waals surface area contributed by atoms with Gasteiger partial charge in [0, 0.05) is 16.6 Å². The maximum atomic E-state index is 13.6. The van der Waals surface area contributed by atoms with E-state index in [4.69, 9.17) is 9.47 Å². The number of carbonyl (C=O) groups is 1. The molecule has 2 aromatic heterocycles. The molecular formula is C25H23N3O5S. The molecule has 2 aromatic carbocycles. The second-order valence-corrected chi connectivity index (χ2v) is 9.53. The van der Waals surface area contributed by atoms with E-state index in [0.29, 0.717) is 27.4 Å². The third-order valence-corrected chi connectivity index (χ3v) is 7.34. The summed E-state index contributed by atoms with van der Waals surface area (Å²) in [6.45, 7) is 7.43. The zero-order chi connectivity index (χ0) is 24.1. The lowest BCUT2D eigenvalue weighted by Crippen LogP contribution is -2.40. The first-order valence-corrected chi connectivity index (χ1v) is 11.6. The van der Waals surface area contributed by atoms with Crippen molar-refractivity contribution in [3.05, 3.63) is 78.8 Å². The monoisotopic (exact) mass is 477 g/mol. The van der Waals surface area contributed by atoms with Crippen molar-refractivity contribution >= 4 is 33.1 Å². The van der Waals surface area contributed by atoms with Gasteiger partial charge in [0.2, 0.25) is 12.7 Å². The number of nitrogens with one attached hydrogen (secondary N) is 1. The first-order chi connectivity index (χ1) is 16.3. The largest absolute Gasteiger partial charge is 0.454 e. The van der Waals surface area contributed by atoms with Crippen LogP contribution in [-0.2, 0) is 11.3 Å². The van der Waals surface area contributed by atoms with E-state index < -0.39 is 11.2 Å². The number of rotatable bonds is 4. The number of hydrogen-bond acceptors (Lipinski definition) is 6. The van der Waals surface area contributed by atoms with Crippen LogP contribution in [0, 0.1) is 27.7 Å². The molecule has 34 heavy (non-hydrogen) atoms. The van der Waals surface area contributed by atoms with Crippen LogP contribution >= 0.6 is 11.3 Å². The van der Waals surface area contributed by atoms with Crippen molar-refractivity contribution in [1.29, 1.82) is 0 Å². The molecule has 5 rings (SSSR count). The van der Waals surface area contributed by atoms with Gasteiger partial charge in [-0.1, -0.05) is 18.2 Å². The fraction of sp³-hybridized carbons (Fsp3) is 0.240. The summed E-state index contributed by atoms with van der Waals surface area (Å²) in [6.07, 6.45) is 0. The SMILES string of the molecule is Cc1cccc(C)c1NC(=O)Cn1c(=O)n(-c2ccc3c(c2)OCO3)c(=O)c2c(C)c(C)sc21. The third-order valence-electron chi connectivity index (χ3n) is 6.11. The van der Waals surface area contributed by atoms with Crippen LogP contribution < -0.4 is 26.0 Å². The molecule has 1 aliphatic heterocycles. The molecule has 9 heteroatoms. The van der Waals surface area contributed by atoms with Gasteiger partial charge in [0.05, 0.1) is 11.1 Å². The quantitative estimate of drug-likeness (QED) is 0.483. The Morgan fingerprint density at radius 3 is 2.47 bits per heavy atom. The van der Waals surface area contributed by atoms with Gasteiger partial charge in [-0.05, 0) is 56.5 Å². The number of carbonyl (C=O) groups excluding carboxylic acids is 1. The van der Waals surface area contributed by atoms with E-state index in [-0.39, 0.29) is 19.2 Å². The molecule has 0 bridgehead atoms. The predicted molar refractivity (Wildman–Crippen MR) is 132 cm³/mol. The molecule has 1 amide bonds. The van der Waals surface area contributed by atoms with Gasteiger partial charge in [0.15, 0.2) is 11.5 Å². The lowest BCUT2D eigenvalue weighted by molar-refractivity contribution is -0.116. The first-order valence-electron chi connectivity index (χ1n) is 10.8. The highest BCUT2D eigenvalue weighted by Gasteiger charge is 2.23. The average molecular weight is 478 g/mol. The van der Waals surface area contributed by atoms with Crippen LogP contribution in [0.2, 0.25) is 0 Å². The number of para-hydroxylation sites is 1. The predicted octanol–water partition coefficient (Wildman–Crippen LogP) is 3.81. The van der Waals surface area contributed by atoms with Crippen LogP contribution in [0.5, 0.6) is 11.5 Å². The van der Waals surface area contributed by atoms with Gasteiger partial charge in [-0.15, -0.1) is 11.3 Å². The fourth-order valence-corrected chi connectivity index (χ4v) is 5.32. The Kier molecular flexibility index (Phi) is 5.28. The highest BCUT2D eigenvalue weighted by Crippen LogP contribution is 2.33. The minimum atomic E-state index is -0.589. The molecule has 0 fully saturated rings. The number of nitrogens with zero attached hydrogens (tertiary/aromatic N) is 2. The lowest BCUT2D eigenvalue weighted by Gasteiger charge is -2.14. The normalized spacial score (nSPS) is 12.4. The molecule has 174 valence electrons. The first kappa shape index (κ1) is 22.0. The van der Waals surface area contributed by atoms with Crippen LogP contribution in [-0.4, -0.2) is 21.8 Å². The topological polar surface area (TPSA) is 91.6 Å². The molecule has 1 N–H and O–H groups in total. The summed E-state index contributed by atoms with van der Waals surface area (Å²) in [6, 6.07) is 10.7. The van der Waals surface area contributed by atoms with Crippen molar-refractivity contribution < 1.29 is 14.3 Å². The molecule has 0 saturated carbocycles. The molecular weight excluding hydrogens is 454 g/mol. The van der Waals surface area contributed by atoms with Crippen molar-refractivity contribution in [2.45, 2.75) is 34.2 Å². The summed E-state index contributed by atoms with van der Waals surface area (Å²) in [7, 11) is 0. The van der Waals surface area contributed by atoms with E-state index in [1.54, 1.807) is 18.2 Å². The Hall–Kier alpha value is -3.85. The van der Waals surface area contributed by atoms with E-state index in [1.165, 1.54) is 15.9 Å². The number of hydrogen-bond donors (Lipinski definition) is 1. The Morgan fingerprint density at radius 2 is 1.74 bits per heavy atom. The number of benzene rings is 2. The van der Waals surface area contributed by atoms with Gasteiger partial charge in [0.1, 0.15) is 11.4 Å². The Morgan fingerprint density at radius 1 is 1.03 bits per heavy atom. The maximum Gasteiger partial charge on any atom is 0.337 e. The van der Waals surface area contributed by atoms with Gasteiger partial charge < -0.3 is 14.8 Å². The van der Waals surface area contributed by atoms with Crippen LogP contribution in [0.3, 0.4) is 0 Å². The third kappa shape index (κ3) is 3.49. The summed E-state index contributed by atoms with van der Waals surface area (Å²) in [5, 5.41) is 3.36. The second kappa shape index (κ2) is 8.18. The zero-order valence-corrected chi connectivity index (χ0v) is 20.0. The van der Waals surface area contributed by atoms with E-state index in [0.717, 1.165) is 31.8 Å². The minimum Gasteiger partial charge on any atom is -0.454 e.